The summed E-state index contributed by atoms with van der Waals surface area (Å²) in [5.74, 6) is -1.03. The highest BCUT2D eigenvalue weighted by Gasteiger charge is 2.60. The molecule has 2 aliphatic rings. The molecule has 15 heteroatoms. The molecule has 1 N–H and O–H groups in total. The number of carbonyl (C=O) groups is 3. The Hall–Kier alpha value is -2.78. The summed E-state index contributed by atoms with van der Waals surface area (Å²) in [5.41, 5.74) is -3.86. The van der Waals surface area contributed by atoms with Gasteiger partial charge in [0.1, 0.15) is 20.4 Å². The molecule has 2 saturated heterocycles. The van der Waals surface area contributed by atoms with Crippen LogP contribution in [-0.4, -0.2) is 86.4 Å². The summed E-state index contributed by atoms with van der Waals surface area (Å²) >= 11 is 6.33. The number of hydrogen-bond donors (Lipinski definition) is 1. The molecule has 0 radical (unpaired) electrons. The second-order valence-corrected chi connectivity index (χ2v) is 15.5. The van der Waals surface area contributed by atoms with Crippen molar-refractivity contribution in [1.82, 2.24) is 19.8 Å². The van der Waals surface area contributed by atoms with Gasteiger partial charge in [0.25, 0.3) is 0 Å². The Morgan fingerprint density at radius 1 is 0.750 bits per heavy atom. The summed E-state index contributed by atoms with van der Waals surface area (Å²) in [5, 5.41) is 10.6. The quantitative estimate of drug-likeness (QED) is 0.245. The van der Waals surface area contributed by atoms with Gasteiger partial charge in [0.15, 0.2) is 11.4 Å². The Morgan fingerprint density at radius 2 is 1.19 bits per heavy atom. The Kier molecular flexibility index (Phi) is 13.1. The zero-order valence-electron chi connectivity index (χ0n) is 27.9. The lowest BCUT2D eigenvalue weighted by molar-refractivity contribution is -0.290. The van der Waals surface area contributed by atoms with Gasteiger partial charge in [-0.2, -0.15) is 13.2 Å². The van der Waals surface area contributed by atoms with Crippen molar-refractivity contribution in [3.05, 3.63) is 57.0 Å². The van der Waals surface area contributed by atoms with E-state index in [1.54, 1.807) is 44.0 Å². The van der Waals surface area contributed by atoms with Gasteiger partial charge in [0.2, 0.25) is 0 Å². The predicted octanol–water partition coefficient (Wildman–Crippen LogP) is 7.92. The molecule has 0 saturated carbocycles. The van der Waals surface area contributed by atoms with Crippen LogP contribution < -0.4 is 0 Å². The molecule has 2 aliphatic heterocycles. The summed E-state index contributed by atoms with van der Waals surface area (Å²) in [6, 6.07) is 6.12. The smallest absolute Gasteiger partial charge is 0.421 e. The molecule has 1 unspecified atom stereocenters. The number of likely N-dealkylation sites (tertiary alicyclic amines) is 2. The third-order valence-corrected chi connectivity index (χ3v) is 8.80. The highest BCUT2D eigenvalue weighted by molar-refractivity contribution is 9.10. The number of piperidine rings is 2. The average Bonchev–Trinajstić information content (AvgIpc) is 2.99. The number of amides is 2. The van der Waals surface area contributed by atoms with Crippen LogP contribution in [0.1, 0.15) is 83.1 Å². The van der Waals surface area contributed by atoms with E-state index >= 15 is 0 Å². The minimum absolute atomic E-state index is 0.00527. The topological polar surface area (TPSA) is 122 Å². The summed E-state index contributed by atoms with van der Waals surface area (Å²) in [7, 11) is 0. The minimum Gasteiger partial charge on any atom is -0.444 e. The molecular weight excluding hydrogens is 765 g/mol. The number of aliphatic hydroxyl groups is 1. The maximum absolute atomic E-state index is 13.8. The van der Waals surface area contributed by atoms with E-state index in [1.165, 1.54) is 17.0 Å². The fourth-order valence-electron chi connectivity index (χ4n) is 5.45. The van der Waals surface area contributed by atoms with E-state index in [2.05, 4.69) is 41.8 Å². The number of aromatic nitrogens is 2. The minimum atomic E-state index is -4.86. The van der Waals surface area contributed by atoms with Gasteiger partial charge in [-0.15, -0.1) is 0 Å². The van der Waals surface area contributed by atoms with Gasteiger partial charge < -0.3 is 24.4 Å². The van der Waals surface area contributed by atoms with Crippen LogP contribution >= 0.6 is 31.9 Å². The number of alkyl halides is 3. The van der Waals surface area contributed by atoms with E-state index in [1.807, 2.05) is 20.8 Å². The maximum atomic E-state index is 13.8. The van der Waals surface area contributed by atoms with Gasteiger partial charge in [-0.1, -0.05) is 6.07 Å². The van der Waals surface area contributed by atoms with Crippen LogP contribution in [-0.2, 0) is 15.1 Å². The predicted molar refractivity (Wildman–Crippen MR) is 179 cm³/mol. The van der Waals surface area contributed by atoms with Crippen molar-refractivity contribution in [2.45, 2.75) is 90.2 Å². The van der Waals surface area contributed by atoms with Gasteiger partial charge in [0.05, 0.1) is 0 Å². The Morgan fingerprint density at radius 3 is 1.56 bits per heavy atom. The Bertz CT molecular complexity index is 1400. The molecule has 0 spiro atoms. The summed E-state index contributed by atoms with van der Waals surface area (Å²) in [6.07, 6.45) is -1.77. The number of rotatable bonds is 4. The molecule has 4 heterocycles. The highest BCUT2D eigenvalue weighted by atomic mass is 79.9. The molecule has 48 heavy (non-hydrogen) atoms. The van der Waals surface area contributed by atoms with Crippen molar-refractivity contribution >= 4 is 49.8 Å². The lowest BCUT2D eigenvalue weighted by Gasteiger charge is -2.42. The van der Waals surface area contributed by atoms with E-state index in [4.69, 9.17) is 9.47 Å². The molecule has 10 nitrogen and oxygen atoms in total. The van der Waals surface area contributed by atoms with Crippen molar-refractivity contribution in [2.24, 2.45) is 11.8 Å². The molecule has 0 bridgehead atoms. The fraction of sp³-hybridized carbons (Fsp3) is 0.606. The second-order valence-electron chi connectivity index (χ2n) is 13.9. The van der Waals surface area contributed by atoms with Crippen LogP contribution in [0.15, 0.2) is 45.9 Å². The average molecular weight is 809 g/mol. The van der Waals surface area contributed by atoms with Gasteiger partial charge in [-0.25, -0.2) is 19.6 Å². The summed E-state index contributed by atoms with van der Waals surface area (Å²) in [6.45, 7) is 12.0. The monoisotopic (exact) mass is 806 g/mol. The zero-order valence-corrected chi connectivity index (χ0v) is 31.1. The normalized spacial score (nSPS) is 17.9. The number of halogens is 5. The van der Waals surface area contributed by atoms with E-state index in [0.717, 1.165) is 6.20 Å². The highest BCUT2D eigenvalue weighted by Crippen LogP contribution is 2.48. The molecule has 1 atom stereocenters. The van der Waals surface area contributed by atoms with Crippen LogP contribution in [0.25, 0.3) is 0 Å². The third kappa shape index (κ3) is 10.9. The number of ether oxygens (including phenoxy) is 2. The SMILES string of the molecule is CC(C)(C)OC(=O)N1CCC(C(=O)c2ccc(Br)nc2)CC1.CC(C)(C)OC(=O)N1CCC(C(O)(c2ccc(Br)nc2)C(F)(F)F)CC1. The first-order valence-electron chi connectivity index (χ1n) is 15.6. The van der Waals surface area contributed by atoms with E-state index in [0.29, 0.717) is 40.7 Å². The van der Waals surface area contributed by atoms with Gasteiger partial charge >= 0.3 is 18.4 Å². The van der Waals surface area contributed by atoms with Crippen molar-refractivity contribution < 1.29 is 42.1 Å². The molecule has 0 aliphatic carbocycles. The maximum Gasteiger partial charge on any atom is 0.421 e. The number of pyridine rings is 2. The summed E-state index contributed by atoms with van der Waals surface area (Å²) in [4.78, 5) is 47.5. The number of ketones is 1. The number of carbonyl (C=O) groups excluding carboxylic acids is 3. The first-order valence-corrected chi connectivity index (χ1v) is 17.2. The fourth-order valence-corrected chi connectivity index (χ4v) is 5.92. The standard InChI is InChI=1S/C17H22BrF3N2O3.C16H21BrN2O3/c1-15(2,3)26-14(24)23-8-6-11(7-9-23)16(25,17(19,20)21)12-4-5-13(18)22-10-12;1-16(2,3)22-15(21)19-8-6-11(7-9-19)14(20)12-4-5-13(17)18-10-12/h4-5,10-11,25H,6-9H2,1-3H3;4-5,10-11H,6-9H2,1-3H3. The lowest BCUT2D eigenvalue weighted by Crippen LogP contribution is -2.53. The van der Waals surface area contributed by atoms with Gasteiger partial charge in [-0.3, -0.25) is 4.79 Å². The molecule has 4 rings (SSSR count). The number of nitrogens with zero attached hydrogens (tertiary/aromatic N) is 4. The van der Waals surface area contributed by atoms with Crippen LogP contribution in [0.5, 0.6) is 0 Å². The second kappa shape index (κ2) is 15.8. The largest absolute Gasteiger partial charge is 0.444 e. The van der Waals surface area contributed by atoms with Crippen molar-refractivity contribution in [3.63, 3.8) is 0 Å². The van der Waals surface area contributed by atoms with E-state index in [9.17, 15) is 32.7 Å². The summed E-state index contributed by atoms with van der Waals surface area (Å²) < 4.78 is 53.0. The van der Waals surface area contributed by atoms with Crippen molar-refractivity contribution in [1.29, 1.82) is 0 Å². The molecule has 0 aromatic carbocycles. The van der Waals surface area contributed by atoms with Gasteiger partial charge in [-0.05, 0) is 117 Å². The molecule has 2 fully saturated rings. The molecule has 2 aromatic rings. The molecule has 2 amide bonds. The first kappa shape index (κ1) is 39.7. The molecular formula is C33H43Br2F3N4O6. The third-order valence-electron chi connectivity index (χ3n) is 7.87. The lowest BCUT2D eigenvalue weighted by atomic mass is 9.76. The van der Waals surface area contributed by atoms with Crippen molar-refractivity contribution in [2.75, 3.05) is 26.2 Å². The number of Topliss-reactive ketones (excluding diaryl/α,β-unsaturated/α-hetero) is 1. The van der Waals surface area contributed by atoms with Gasteiger partial charge in [0, 0.05) is 61.5 Å². The van der Waals surface area contributed by atoms with Crippen LogP contribution in [0, 0.1) is 11.8 Å². The molecule has 2 aromatic heterocycles. The van der Waals surface area contributed by atoms with E-state index in [-0.39, 0.29) is 49.3 Å². The Labute approximate surface area is 296 Å². The van der Waals surface area contributed by atoms with Crippen molar-refractivity contribution in [3.8, 4) is 0 Å². The van der Waals surface area contributed by atoms with Crippen LogP contribution in [0.4, 0.5) is 22.8 Å². The first-order chi connectivity index (χ1) is 22.1. The Balaban J connectivity index is 0.000000264. The van der Waals surface area contributed by atoms with Crippen LogP contribution in [0.2, 0.25) is 0 Å². The van der Waals surface area contributed by atoms with Crippen LogP contribution in [0.3, 0.4) is 0 Å². The number of hydrogen-bond acceptors (Lipinski definition) is 8. The molecule has 266 valence electrons. The zero-order chi connectivity index (χ0) is 36.1. The van der Waals surface area contributed by atoms with E-state index < -0.39 is 35.0 Å².